The SMILES string of the molecule is CCCc1nc(C(=O)NCC(C)(C)SC)n[nH]1. The molecule has 0 aliphatic carbocycles. The molecule has 96 valence electrons. The van der Waals surface area contributed by atoms with Crippen molar-refractivity contribution in [3.8, 4) is 0 Å². The first-order valence-electron chi connectivity index (χ1n) is 5.73. The number of thioether (sulfide) groups is 1. The number of aromatic amines is 1. The number of nitrogens with one attached hydrogen (secondary N) is 2. The van der Waals surface area contributed by atoms with Crippen molar-refractivity contribution in [1.82, 2.24) is 20.5 Å². The van der Waals surface area contributed by atoms with Crippen LogP contribution in [0.25, 0.3) is 0 Å². The van der Waals surface area contributed by atoms with E-state index in [-0.39, 0.29) is 16.5 Å². The quantitative estimate of drug-likeness (QED) is 0.811. The predicted octanol–water partition coefficient (Wildman–Crippen LogP) is 1.63. The highest BCUT2D eigenvalue weighted by Crippen LogP contribution is 2.19. The molecule has 0 spiro atoms. The van der Waals surface area contributed by atoms with Crippen molar-refractivity contribution in [2.24, 2.45) is 0 Å². The van der Waals surface area contributed by atoms with Gasteiger partial charge in [0.1, 0.15) is 5.82 Å². The van der Waals surface area contributed by atoms with Gasteiger partial charge in [-0.25, -0.2) is 4.98 Å². The summed E-state index contributed by atoms with van der Waals surface area (Å²) in [7, 11) is 0. The predicted molar refractivity (Wildman–Crippen MR) is 70.3 cm³/mol. The Hall–Kier alpha value is -1.04. The van der Waals surface area contributed by atoms with Crippen LogP contribution >= 0.6 is 11.8 Å². The van der Waals surface area contributed by atoms with Crippen molar-refractivity contribution < 1.29 is 4.79 Å². The molecule has 0 bridgehead atoms. The molecule has 2 N–H and O–H groups in total. The summed E-state index contributed by atoms with van der Waals surface area (Å²) in [6, 6.07) is 0. The molecular formula is C11H20N4OS. The molecule has 0 aromatic carbocycles. The Morgan fingerprint density at radius 1 is 1.53 bits per heavy atom. The second kappa shape index (κ2) is 6.05. The van der Waals surface area contributed by atoms with Gasteiger partial charge >= 0.3 is 0 Å². The summed E-state index contributed by atoms with van der Waals surface area (Å²) in [6.07, 6.45) is 3.82. The summed E-state index contributed by atoms with van der Waals surface area (Å²) in [5, 5.41) is 9.52. The first-order chi connectivity index (χ1) is 7.98. The molecule has 6 heteroatoms. The van der Waals surface area contributed by atoms with Crippen molar-refractivity contribution in [2.45, 2.75) is 38.4 Å². The Balaban J connectivity index is 2.52. The molecule has 5 nitrogen and oxygen atoms in total. The summed E-state index contributed by atoms with van der Waals surface area (Å²) < 4.78 is 0.0260. The molecule has 1 amide bonds. The Morgan fingerprint density at radius 3 is 2.82 bits per heavy atom. The van der Waals surface area contributed by atoms with Crippen LogP contribution in [0.2, 0.25) is 0 Å². The summed E-state index contributed by atoms with van der Waals surface area (Å²) in [5.74, 6) is 0.776. The van der Waals surface area contributed by atoms with E-state index in [1.807, 2.05) is 6.26 Å². The Bertz CT molecular complexity index is 375. The van der Waals surface area contributed by atoms with Crippen LogP contribution < -0.4 is 5.32 Å². The summed E-state index contributed by atoms with van der Waals surface area (Å²) in [5.41, 5.74) is 0. The number of rotatable bonds is 6. The van der Waals surface area contributed by atoms with E-state index in [9.17, 15) is 4.79 Å². The maximum Gasteiger partial charge on any atom is 0.291 e. The lowest BCUT2D eigenvalue weighted by atomic mass is 10.2. The van der Waals surface area contributed by atoms with Gasteiger partial charge in [-0.2, -0.15) is 11.8 Å². The molecule has 0 aliphatic heterocycles. The molecule has 1 heterocycles. The fraction of sp³-hybridized carbons (Fsp3) is 0.727. The van der Waals surface area contributed by atoms with Gasteiger partial charge in [0, 0.05) is 17.7 Å². The molecule has 1 aromatic heterocycles. The molecule has 0 aliphatic rings. The number of nitrogens with zero attached hydrogens (tertiary/aromatic N) is 2. The number of carbonyl (C=O) groups is 1. The minimum absolute atomic E-state index is 0.0260. The van der Waals surface area contributed by atoms with Crippen molar-refractivity contribution in [3.63, 3.8) is 0 Å². The van der Waals surface area contributed by atoms with Crippen LogP contribution in [0.3, 0.4) is 0 Å². The number of H-pyrrole nitrogens is 1. The highest BCUT2D eigenvalue weighted by atomic mass is 32.2. The third-order valence-electron chi connectivity index (χ3n) is 2.45. The number of carbonyl (C=O) groups excluding carboxylic acids is 1. The lowest BCUT2D eigenvalue weighted by molar-refractivity contribution is 0.0940. The molecule has 0 unspecified atom stereocenters. The van der Waals surface area contributed by atoms with E-state index in [0.29, 0.717) is 6.54 Å². The van der Waals surface area contributed by atoms with Gasteiger partial charge in [-0.15, -0.1) is 5.10 Å². The Labute approximate surface area is 106 Å². The Kier molecular flexibility index (Phi) is 4.99. The zero-order valence-electron chi connectivity index (χ0n) is 10.8. The molecule has 0 fully saturated rings. The maximum atomic E-state index is 11.8. The summed E-state index contributed by atoms with van der Waals surface area (Å²) in [6.45, 7) is 6.82. The van der Waals surface area contributed by atoms with Crippen LogP contribution in [0.4, 0.5) is 0 Å². The smallest absolute Gasteiger partial charge is 0.291 e. The number of hydrogen-bond donors (Lipinski definition) is 2. The highest BCUT2D eigenvalue weighted by Gasteiger charge is 2.19. The number of aryl methyl sites for hydroxylation is 1. The van der Waals surface area contributed by atoms with Gasteiger partial charge in [0.2, 0.25) is 5.82 Å². The van der Waals surface area contributed by atoms with E-state index >= 15 is 0 Å². The van der Waals surface area contributed by atoms with Gasteiger partial charge in [-0.1, -0.05) is 6.92 Å². The summed E-state index contributed by atoms with van der Waals surface area (Å²) >= 11 is 1.71. The molecule has 0 radical (unpaired) electrons. The average molecular weight is 256 g/mol. The zero-order chi connectivity index (χ0) is 12.9. The van der Waals surface area contributed by atoms with Crippen molar-refractivity contribution in [1.29, 1.82) is 0 Å². The molecule has 0 atom stereocenters. The van der Waals surface area contributed by atoms with Gasteiger partial charge in [0.15, 0.2) is 0 Å². The minimum atomic E-state index is -0.217. The first kappa shape index (κ1) is 14.0. The number of hydrogen-bond acceptors (Lipinski definition) is 4. The van der Waals surface area contributed by atoms with Gasteiger partial charge in [-0.3, -0.25) is 9.89 Å². The topological polar surface area (TPSA) is 70.7 Å². The average Bonchev–Trinajstić information content (AvgIpc) is 2.75. The van der Waals surface area contributed by atoms with Crippen molar-refractivity contribution in [2.75, 3.05) is 12.8 Å². The van der Waals surface area contributed by atoms with Crippen LogP contribution in [0, 0.1) is 0 Å². The summed E-state index contributed by atoms with van der Waals surface area (Å²) in [4.78, 5) is 15.9. The largest absolute Gasteiger partial charge is 0.348 e. The van der Waals surface area contributed by atoms with Crippen molar-refractivity contribution in [3.05, 3.63) is 11.6 Å². The molecular weight excluding hydrogens is 236 g/mol. The first-order valence-corrected chi connectivity index (χ1v) is 6.95. The van der Waals surface area contributed by atoms with E-state index in [1.165, 1.54) is 0 Å². The fourth-order valence-electron chi connectivity index (χ4n) is 1.19. The van der Waals surface area contributed by atoms with E-state index in [4.69, 9.17) is 0 Å². The molecule has 0 saturated carbocycles. The van der Waals surface area contributed by atoms with Crippen molar-refractivity contribution >= 4 is 17.7 Å². The lowest BCUT2D eigenvalue weighted by Crippen LogP contribution is -2.36. The highest BCUT2D eigenvalue weighted by molar-refractivity contribution is 7.99. The van der Waals surface area contributed by atoms with Gasteiger partial charge < -0.3 is 5.32 Å². The second-order valence-electron chi connectivity index (χ2n) is 4.50. The van der Waals surface area contributed by atoms with Crippen LogP contribution in [0.1, 0.15) is 43.6 Å². The van der Waals surface area contributed by atoms with E-state index < -0.39 is 0 Å². The van der Waals surface area contributed by atoms with Crippen LogP contribution in [0.5, 0.6) is 0 Å². The minimum Gasteiger partial charge on any atom is -0.348 e. The third-order valence-corrected chi connectivity index (χ3v) is 3.70. The van der Waals surface area contributed by atoms with Crippen LogP contribution in [0.15, 0.2) is 0 Å². The fourth-order valence-corrected chi connectivity index (χ4v) is 1.41. The molecule has 17 heavy (non-hydrogen) atoms. The van der Waals surface area contributed by atoms with Crippen LogP contribution in [-0.2, 0) is 6.42 Å². The molecule has 0 saturated heterocycles. The third kappa shape index (κ3) is 4.38. The van der Waals surface area contributed by atoms with E-state index in [2.05, 4.69) is 41.3 Å². The second-order valence-corrected chi connectivity index (χ2v) is 6.02. The standard InChI is InChI=1S/C11H20N4OS/c1-5-6-8-13-9(15-14-8)10(16)12-7-11(2,3)17-4/h5-7H2,1-4H3,(H,12,16)(H,13,14,15). The lowest BCUT2D eigenvalue weighted by Gasteiger charge is -2.21. The maximum absolute atomic E-state index is 11.8. The normalized spacial score (nSPS) is 11.5. The van der Waals surface area contributed by atoms with Gasteiger partial charge in [0.05, 0.1) is 0 Å². The monoisotopic (exact) mass is 256 g/mol. The molecule has 1 aromatic rings. The number of aromatic nitrogens is 3. The Morgan fingerprint density at radius 2 is 2.24 bits per heavy atom. The van der Waals surface area contributed by atoms with Gasteiger partial charge in [0.25, 0.3) is 5.91 Å². The van der Waals surface area contributed by atoms with E-state index in [1.54, 1.807) is 11.8 Å². The number of amides is 1. The van der Waals surface area contributed by atoms with Crippen LogP contribution in [-0.4, -0.2) is 38.6 Å². The van der Waals surface area contributed by atoms with Gasteiger partial charge in [-0.05, 0) is 26.5 Å². The molecule has 1 rings (SSSR count). The van der Waals surface area contributed by atoms with E-state index in [0.717, 1.165) is 18.7 Å². The zero-order valence-corrected chi connectivity index (χ0v) is 11.6.